The second-order valence-corrected chi connectivity index (χ2v) is 5.50. The van der Waals surface area contributed by atoms with Gasteiger partial charge in [-0.1, -0.05) is 28.9 Å². The Hall–Kier alpha value is -1.89. The van der Waals surface area contributed by atoms with Crippen molar-refractivity contribution in [1.82, 2.24) is 15.2 Å². The summed E-state index contributed by atoms with van der Waals surface area (Å²) in [6, 6.07) is 5.56. The Kier molecular flexibility index (Phi) is 4.15. The minimum atomic E-state index is -4.29. The number of piperidine rings is 1. The lowest BCUT2D eigenvalue weighted by molar-refractivity contribution is -0.137. The van der Waals surface area contributed by atoms with E-state index in [1.807, 2.05) is 0 Å². The molecule has 2 aromatic rings. The lowest BCUT2D eigenvalue weighted by Crippen LogP contribution is -2.33. The van der Waals surface area contributed by atoms with Crippen LogP contribution in [-0.2, 0) is 12.7 Å². The largest absolute Gasteiger partial charge is 0.416 e. The molecule has 1 atom stereocenters. The van der Waals surface area contributed by atoms with Gasteiger partial charge in [-0.3, -0.25) is 4.90 Å². The molecule has 22 heavy (non-hydrogen) atoms. The summed E-state index contributed by atoms with van der Waals surface area (Å²) in [5.74, 6) is 0. The molecule has 0 bridgehead atoms. The molecule has 1 aliphatic rings. The third-order valence-corrected chi connectivity index (χ3v) is 4.01. The molecule has 0 aliphatic carbocycles. The van der Waals surface area contributed by atoms with Crippen molar-refractivity contribution in [2.24, 2.45) is 0 Å². The SMILES string of the molecule is FC(F)(F)c1ccc(C2CCCCN2Cc2cnon2)cc1. The molecule has 0 radical (unpaired) electrons. The molecule has 0 saturated carbocycles. The Labute approximate surface area is 125 Å². The Balaban J connectivity index is 1.78. The highest BCUT2D eigenvalue weighted by molar-refractivity contribution is 5.27. The van der Waals surface area contributed by atoms with Crippen molar-refractivity contribution in [3.05, 3.63) is 47.3 Å². The molecule has 0 amide bonds. The summed E-state index contributed by atoms with van der Waals surface area (Å²) in [6.45, 7) is 1.48. The van der Waals surface area contributed by atoms with Crippen LogP contribution in [0.5, 0.6) is 0 Å². The topological polar surface area (TPSA) is 42.2 Å². The van der Waals surface area contributed by atoms with Crippen LogP contribution in [-0.4, -0.2) is 21.8 Å². The minimum Gasteiger partial charge on any atom is -0.290 e. The molecular weight excluding hydrogens is 295 g/mol. The summed E-state index contributed by atoms with van der Waals surface area (Å²) in [6.07, 6.45) is 0.341. The van der Waals surface area contributed by atoms with E-state index in [1.165, 1.54) is 0 Å². The number of likely N-dealkylation sites (tertiary alicyclic amines) is 1. The predicted octanol–water partition coefficient (Wildman–Crippen LogP) is 3.82. The van der Waals surface area contributed by atoms with E-state index in [0.717, 1.165) is 49.2 Å². The number of aromatic nitrogens is 2. The van der Waals surface area contributed by atoms with Crippen LogP contribution in [0.15, 0.2) is 35.1 Å². The molecule has 0 N–H and O–H groups in total. The van der Waals surface area contributed by atoms with Gasteiger partial charge in [0.2, 0.25) is 0 Å². The summed E-state index contributed by atoms with van der Waals surface area (Å²) in [7, 11) is 0. The highest BCUT2D eigenvalue weighted by Gasteiger charge is 2.31. The first-order valence-corrected chi connectivity index (χ1v) is 7.22. The molecule has 118 valence electrons. The maximum absolute atomic E-state index is 12.7. The number of hydrogen-bond acceptors (Lipinski definition) is 4. The van der Waals surface area contributed by atoms with Crippen LogP contribution in [0.3, 0.4) is 0 Å². The van der Waals surface area contributed by atoms with Crippen LogP contribution >= 0.6 is 0 Å². The molecule has 7 heteroatoms. The van der Waals surface area contributed by atoms with Crippen molar-refractivity contribution in [3.8, 4) is 0 Å². The van der Waals surface area contributed by atoms with E-state index >= 15 is 0 Å². The molecule has 4 nitrogen and oxygen atoms in total. The molecule has 1 unspecified atom stereocenters. The molecule has 2 heterocycles. The van der Waals surface area contributed by atoms with Crippen LogP contribution in [0, 0.1) is 0 Å². The van der Waals surface area contributed by atoms with Gasteiger partial charge in [0.05, 0.1) is 11.8 Å². The maximum Gasteiger partial charge on any atom is 0.416 e. The molecule has 1 saturated heterocycles. The van der Waals surface area contributed by atoms with Crippen molar-refractivity contribution >= 4 is 0 Å². The summed E-state index contributed by atoms with van der Waals surface area (Å²) in [5, 5.41) is 7.39. The van der Waals surface area contributed by atoms with Gasteiger partial charge in [-0.25, -0.2) is 4.63 Å². The van der Waals surface area contributed by atoms with Gasteiger partial charge < -0.3 is 0 Å². The Morgan fingerprint density at radius 1 is 1.18 bits per heavy atom. The normalized spacial score (nSPS) is 20.2. The van der Waals surface area contributed by atoms with Crippen LogP contribution in [0.25, 0.3) is 0 Å². The van der Waals surface area contributed by atoms with Gasteiger partial charge >= 0.3 is 6.18 Å². The first-order chi connectivity index (χ1) is 10.5. The molecule has 1 aliphatic heterocycles. The second kappa shape index (κ2) is 6.08. The zero-order valence-electron chi connectivity index (χ0n) is 11.9. The smallest absolute Gasteiger partial charge is 0.290 e. The fraction of sp³-hybridized carbons (Fsp3) is 0.467. The first-order valence-electron chi connectivity index (χ1n) is 7.22. The van der Waals surface area contributed by atoms with Gasteiger partial charge in [-0.05, 0) is 37.1 Å². The van der Waals surface area contributed by atoms with E-state index in [-0.39, 0.29) is 6.04 Å². The van der Waals surface area contributed by atoms with Crippen LogP contribution in [0.2, 0.25) is 0 Å². The van der Waals surface area contributed by atoms with Crippen molar-refractivity contribution < 1.29 is 17.8 Å². The average Bonchev–Trinajstić information content (AvgIpc) is 3.00. The van der Waals surface area contributed by atoms with Crippen molar-refractivity contribution in [2.45, 2.75) is 38.0 Å². The monoisotopic (exact) mass is 311 g/mol. The quantitative estimate of drug-likeness (QED) is 0.864. The fourth-order valence-corrected chi connectivity index (χ4v) is 2.91. The van der Waals surface area contributed by atoms with Gasteiger partial charge in [-0.2, -0.15) is 13.2 Å². The highest BCUT2D eigenvalue weighted by atomic mass is 19.4. The number of rotatable bonds is 3. The molecule has 1 fully saturated rings. The number of benzene rings is 1. The number of alkyl halides is 3. The first kappa shape index (κ1) is 15.0. The van der Waals surface area contributed by atoms with Crippen LogP contribution in [0.4, 0.5) is 13.2 Å². The highest BCUT2D eigenvalue weighted by Crippen LogP contribution is 2.34. The van der Waals surface area contributed by atoms with E-state index < -0.39 is 11.7 Å². The summed E-state index contributed by atoms with van der Waals surface area (Å²) in [4.78, 5) is 2.21. The Bertz CT molecular complexity index is 595. The predicted molar refractivity (Wildman–Crippen MR) is 72.7 cm³/mol. The fourth-order valence-electron chi connectivity index (χ4n) is 2.91. The molecular formula is C15H16F3N3O. The van der Waals surface area contributed by atoms with Gasteiger partial charge in [0.25, 0.3) is 0 Å². The van der Waals surface area contributed by atoms with Crippen molar-refractivity contribution in [1.29, 1.82) is 0 Å². The number of halogens is 3. The molecule has 0 spiro atoms. The van der Waals surface area contributed by atoms with E-state index in [4.69, 9.17) is 0 Å². The number of hydrogen-bond donors (Lipinski definition) is 0. The van der Waals surface area contributed by atoms with Gasteiger partial charge in [-0.15, -0.1) is 0 Å². The van der Waals surface area contributed by atoms with E-state index in [0.29, 0.717) is 6.54 Å². The summed E-state index contributed by atoms with van der Waals surface area (Å²) >= 11 is 0. The zero-order chi connectivity index (χ0) is 15.6. The minimum absolute atomic E-state index is 0.104. The van der Waals surface area contributed by atoms with Gasteiger partial charge in [0.15, 0.2) is 0 Å². The van der Waals surface area contributed by atoms with E-state index in [9.17, 15) is 13.2 Å². The van der Waals surface area contributed by atoms with Crippen LogP contribution in [0.1, 0.15) is 42.1 Å². The summed E-state index contributed by atoms with van der Waals surface area (Å²) in [5.41, 5.74) is 1.03. The van der Waals surface area contributed by atoms with Gasteiger partial charge in [0, 0.05) is 12.6 Å². The lowest BCUT2D eigenvalue weighted by atomic mass is 9.94. The standard InChI is InChI=1S/C15H16F3N3O/c16-15(17,18)12-6-4-11(5-7-12)14-3-1-2-8-21(14)10-13-9-19-22-20-13/h4-7,9,14H,1-3,8,10H2. The molecule has 1 aromatic carbocycles. The van der Waals surface area contributed by atoms with Gasteiger partial charge in [0.1, 0.15) is 5.69 Å². The Morgan fingerprint density at radius 2 is 1.95 bits per heavy atom. The van der Waals surface area contributed by atoms with E-state index in [2.05, 4.69) is 19.8 Å². The third kappa shape index (κ3) is 3.30. The summed E-state index contributed by atoms with van der Waals surface area (Å²) < 4.78 is 42.6. The lowest BCUT2D eigenvalue weighted by Gasteiger charge is -2.35. The van der Waals surface area contributed by atoms with Crippen molar-refractivity contribution in [2.75, 3.05) is 6.54 Å². The molecule has 1 aromatic heterocycles. The van der Waals surface area contributed by atoms with E-state index in [1.54, 1.807) is 18.3 Å². The Morgan fingerprint density at radius 3 is 2.59 bits per heavy atom. The third-order valence-electron chi connectivity index (χ3n) is 4.01. The van der Waals surface area contributed by atoms with Crippen molar-refractivity contribution in [3.63, 3.8) is 0 Å². The zero-order valence-corrected chi connectivity index (χ0v) is 11.9. The molecule has 3 rings (SSSR count). The van der Waals surface area contributed by atoms with Crippen LogP contribution < -0.4 is 0 Å². The second-order valence-electron chi connectivity index (χ2n) is 5.50. The number of nitrogens with zero attached hydrogens (tertiary/aromatic N) is 3. The average molecular weight is 311 g/mol. The maximum atomic E-state index is 12.7.